The molecule has 0 N–H and O–H groups in total. The normalized spacial score (nSPS) is 13.1. The molecule has 0 bridgehead atoms. The lowest BCUT2D eigenvalue weighted by Crippen LogP contribution is -1.88. The van der Waals surface area contributed by atoms with E-state index in [1.807, 2.05) is 55.6 Å². The molecule has 0 aliphatic heterocycles. The summed E-state index contributed by atoms with van der Waals surface area (Å²) in [5.74, 6) is 0.891. The van der Waals surface area contributed by atoms with Crippen LogP contribution in [0, 0.1) is 0 Å². The van der Waals surface area contributed by atoms with Crippen molar-refractivity contribution in [2.45, 2.75) is 13.0 Å². The van der Waals surface area contributed by atoms with Crippen LogP contribution in [0.1, 0.15) is 24.3 Å². The summed E-state index contributed by atoms with van der Waals surface area (Å²) in [4.78, 5) is 4.42. The zero-order chi connectivity index (χ0) is 10.5. The Morgan fingerprint density at radius 3 is 2.60 bits per heavy atom. The van der Waals surface area contributed by atoms with Gasteiger partial charge in [0.15, 0.2) is 0 Å². The van der Waals surface area contributed by atoms with E-state index in [4.69, 9.17) is 4.42 Å². The van der Waals surface area contributed by atoms with Crippen LogP contribution >= 0.6 is 0 Å². The summed E-state index contributed by atoms with van der Waals surface area (Å²) in [5, 5.41) is 0. The van der Waals surface area contributed by atoms with E-state index in [0.29, 0.717) is 0 Å². The number of hydrogen-bond donors (Lipinski definition) is 0. The summed E-state index contributed by atoms with van der Waals surface area (Å²) in [6.07, 6.45) is 3.54. The van der Waals surface area contributed by atoms with Crippen LogP contribution in [0.3, 0.4) is 0 Å². The SMILES string of the molecule is C[C@@H](N=Cc1ccccc1)c1ccco1. The van der Waals surface area contributed by atoms with E-state index in [1.165, 1.54) is 0 Å². The Balaban J connectivity index is 2.06. The zero-order valence-corrected chi connectivity index (χ0v) is 8.63. The van der Waals surface area contributed by atoms with Crippen molar-refractivity contribution in [2.75, 3.05) is 0 Å². The molecule has 0 aliphatic rings. The Morgan fingerprint density at radius 1 is 1.13 bits per heavy atom. The van der Waals surface area contributed by atoms with Gasteiger partial charge in [0.1, 0.15) is 11.8 Å². The molecule has 0 saturated carbocycles. The maximum absolute atomic E-state index is 5.27. The van der Waals surface area contributed by atoms with Crippen molar-refractivity contribution in [3.8, 4) is 0 Å². The average molecular weight is 199 g/mol. The van der Waals surface area contributed by atoms with Gasteiger partial charge in [-0.3, -0.25) is 4.99 Å². The fourth-order valence-electron chi connectivity index (χ4n) is 1.34. The van der Waals surface area contributed by atoms with Crippen molar-refractivity contribution in [3.05, 3.63) is 60.1 Å². The number of benzene rings is 1. The van der Waals surface area contributed by atoms with Crippen LogP contribution in [-0.4, -0.2) is 6.21 Å². The van der Waals surface area contributed by atoms with Gasteiger partial charge in [0.2, 0.25) is 0 Å². The molecule has 0 amide bonds. The van der Waals surface area contributed by atoms with Crippen molar-refractivity contribution in [1.29, 1.82) is 0 Å². The van der Waals surface area contributed by atoms with Crippen molar-refractivity contribution in [2.24, 2.45) is 4.99 Å². The molecule has 0 unspecified atom stereocenters. The molecule has 1 aromatic carbocycles. The number of furan rings is 1. The first-order chi connectivity index (χ1) is 7.36. The van der Waals surface area contributed by atoms with Crippen LogP contribution in [0.25, 0.3) is 0 Å². The standard InChI is InChI=1S/C13H13NO/c1-11(13-8-5-9-15-13)14-10-12-6-3-2-4-7-12/h2-11H,1H3/t11-/m1/s1. The number of rotatable bonds is 3. The summed E-state index contributed by atoms with van der Waals surface area (Å²) in [5.41, 5.74) is 1.11. The summed E-state index contributed by atoms with van der Waals surface area (Å²) >= 11 is 0. The predicted octanol–water partition coefficient (Wildman–Crippen LogP) is 3.46. The lowest BCUT2D eigenvalue weighted by atomic mass is 10.2. The molecule has 0 saturated heterocycles. The van der Waals surface area contributed by atoms with Crippen molar-refractivity contribution in [3.63, 3.8) is 0 Å². The Kier molecular flexibility index (Phi) is 2.98. The molecule has 0 spiro atoms. The minimum Gasteiger partial charge on any atom is -0.467 e. The molecule has 2 aromatic rings. The Labute approximate surface area is 89.3 Å². The van der Waals surface area contributed by atoms with Crippen molar-refractivity contribution in [1.82, 2.24) is 0 Å². The Hall–Kier alpha value is -1.83. The van der Waals surface area contributed by atoms with Crippen LogP contribution in [0.5, 0.6) is 0 Å². The number of hydrogen-bond acceptors (Lipinski definition) is 2. The minimum absolute atomic E-state index is 0.0696. The lowest BCUT2D eigenvalue weighted by Gasteiger charge is -2.00. The monoisotopic (exact) mass is 199 g/mol. The highest BCUT2D eigenvalue weighted by atomic mass is 16.3. The largest absolute Gasteiger partial charge is 0.467 e. The van der Waals surface area contributed by atoms with Gasteiger partial charge in [-0.2, -0.15) is 0 Å². The number of aliphatic imine (C=N–C) groups is 1. The van der Waals surface area contributed by atoms with Crippen LogP contribution in [-0.2, 0) is 0 Å². The van der Waals surface area contributed by atoms with Gasteiger partial charge in [-0.05, 0) is 24.6 Å². The first-order valence-corrected chi connectivity index (χ1v) is 4.98. The quantitative estimate of drug-likeness (QED) is 0.695. The first kappa shape index (κ1) is 9.71. The highest BCUT2D eigenvalue weighted by Gasteiger charge is 2.03. The third-order valence-corrected chi connectivity index (χ3v) is 2.20. The molecule has 15 heavy (non-hydrogen) atoms. The average Bonchev–Trinajstić information content (AvgIpc) is 2.81. The Bertz CT molecular complexity index is 417. The van der Waals surface area contributed by atoms with Crippen LogP contribution < -0.4 is 0 Å². The van der Waals surface area contributed by atoms with E-state index in [-0.39, 0.29) is 6.04 Å². The van der Waals surface area contributed by atoms with E-state index in [9.17, 15) is 0 Å². The molecule has 76 valence electrons. The lowest BCUT2D eigenvalue weighted by molar-refractivity contribution is 0.481. The van der Waals surface area contributed by atoms with Gasteiger partial charge in [0, 0.05) is 6.21 Å². The smallest absolute Gasteiger partial charge is 0.127 e. The maximum atomic E-state index is 5.27. The molecule has 1 heterocycles. The second kappa shape index (κ2) is 4.60. The molecule has 2 heteroatoms. The topological polar surface area (TPSA) is 25.5 Å². The molecule has 2 nitrogen and oxygen atoms in total. The van der Waals surface area contributed by atoms with Crippen LogP contribution in [0.2, 0.25) is 0 Å². The van der Waals surface area contributed by atoms with Crippen molar-refractivity contribution >= 4 is 6.21 Å². The predicted molar refractivity (Wildman–Crippen MR) is 61.2 cm³/mol. The minimum atomic E-state index is 0.0696. The van der Waals surface area contributed by atoms with E-state index < -0.39 is 0 Å². The molecule has 0 fully saturated rings. The summed E-state index contributed by atoms with van der Waals surface area (Å²) in [7, 11) is 0. The van der Waals surface area contributed by atoms with Crippen LogP contribution in [0.4, 0.5) is 0 Å². The second-order valence-corrected chi connectivity index (χ2v) is 3.38. The van der Waals surface area contributed by atoms with Gasteiger partial charge >= 0.3 is 0 Å². The second-order valence-electron chi connectivity index (χ2n) is 3.38. The molecule has 1 atom stereocenters. The highest BCUT2D eigenvalue weighted by molar-refractivity contribution is 5.79. The van der Waals surface area contributed by atoms with Gasteiger partial charge < -0.3 is 4.42 Å². The van der Waals surface area contributed by atoms with Crippen LogP contribution in [0.15, 0.2) is 58.1 Å². The molecular weight excluding hydrogens is 186 g/mol. The molecule has 0 aliphatic carbocycles. The Morgan fingerprint density at radius 2 is 1.93 bits per heavy atom. The van der Waals surface area contributed by atoms with Gasteiger partial charge in [-0.25, -0.2) is 0 Å². The van der Waals surface area contributed by atoms with Gasteiger partial charge in [-0.1, -0.05) is 30.3 Å². The molecular formula is C13H13NO. The summed E-state index contributed by atoms with van der Waals surface area (Å²) in [6.45, 7) is 2.01. The maximum Gasteiger partial charge on any atom is 0.127 e. The van der Waals surface area contributed by atoms with E-state index >= 15 is 0 Å². The molecule has 1 aromatic heterocycles. The zero-order valence-electron chi connectivity index (χ0n) is 8.63. The fourth-order valence-corrected chi connectivity index (χ4v) is 1.34. The highest BCUT2D eigenvalue weighted by Crippen LogP contribution is 2.16. The van der Waals surface area contributed by atoms with E-state index in [1.54, 1.807) is 6.26 Å². The van der Waals surface area contributed by atoms with E-state index in [2.05, 4.69) is 4.99 Å². The molecule has 2 rings (SSSR count). The summed E-state index contributed by atoms with van der Waals surface area (Å²) in [6, 6.07) is 13.9. The van der Waals surface area contributed by atoms with E-state index in [0.717, 1.165) is 11.3 Å². The summed E-state index contributed by atoms with van der Waals surface area (Å²) < 4.78 is 5.27. The van der Waals surface area contributed by atoms with Crippen molar-refractivity contribution < 1.29 is 4.42 Å². The van der Waals surface area contributed by atoms with Gasteiger partial charge in [0.05, 0.1) is 6.26 Å². The third-order valence-electron chi connectivity index (χ3n) is 2.20. The third kappa shape index (κ3) is 2.56. The van der Waals surface area contributed by atoms with Gasteiger partial charge in [-0.15, -0.1) is 0 Å². The fraction of sp³-hybridized carbons (Fsp3) is 0.154. The first-order valence-electron chi connectivity index (χ1n) is 4.98. The van der Waals surface area contributed by atoms with Gasteiger partial charge in [0.25, 0.3) is 0 Å². The number of nitrogens with zero attached hydrogens (tertiary/aromatic N) is 1. The molecule has 0 radical (unpaired) electrons.